The lowest BCUT2D eigenvalue weighted by molar-refractivity contribution is 0.249. The second-order valence-corrected chi connectivity index (χ2v) is 5.81. The van der Waals surface area contributed by atoms with Crippen molar-refractivity contribution in [1.29, 1.82) is 0 Å². The molecule has 2 amide bonds. The molecule has 7 heteroatoms. The summed E-state index contributed by atoms with van der Waals surface area (Å²) in [6, 6.07) is 5.18. The molecule has 0 unspecified atom stereocenters. The van der Waals surface area contributed by atoms with E-state index in [0.29, 0.717) is 23.2 Å². The Bertz CT molecular complexity index is 632. The van der Waals surface area contributed by atoms with E-state index in [0.717, 1.165) is 12.0 Å². The summed E-state index contributed by atoms with van der Waals surface area (Å²) in [4.78, 5) is 16.0. The van der Waals surface area contributed by atoms with E-state index in [9.17, 15) is 4.79 Å². The molecule has 2 N–H and O–H groups in total. The Labute approximate surface area is 139 Å². The number of thiazole rings is 1. The van der Waals surface area contributed by atoms with Crippen LogP contribution in [0.4, 0.5) is 9.93 Å². The zero-order valence-corrected chi connectivity index (χ0v) is 14.3. The molecule has 2 rings (SSSR count). The molecule has 0 spiro atoms. The molecule has 1 heterocycles. The fraction of sp³-hybridized carbons (Fsp3) is 0.375. The highest BCUT2D eigenvalue weighted by Gasteiger charge is 2.13. The van der Waals surface area contributed by atoms with Gasteiger partial charge in [-0.3, -0.25) is 5.32 Å². The molecule has 0 saturated heterocycles. The molecule has 1 aromatic carbocycles. The van der Waals surface area contributed by atoms with Gasteiger partial charge in [-0.25, -0.2) is 9.78 Å². The number of amides is 2. The van der Waals surface area contributed by atoms with E-state index in [-0.39, 0.29) is 12.1 Å². The van der Waals surface area contributed by atoms with Crippen molar-refractivity contribution in [3.8, 4) is 11.5 Å². The van der Waals surface area contributed by atoms with E-state index in [2.05, 4.69) is 15.6 Å². The molecule has 0 radical (unpaired) electrons. The summed E-state index contributed by atoms with van der Waals surface area (Å²) in [5.41, 5.74) is 0.931. The third kappa shape index (κ3) is 4.85. The SMILES string of the molecule is CCCOc1ccc([C@@H](C)NC(=O)Nc2nccs2)cc1OC. The normalized spacial score (nSPS) is 11.6. The van der Waals surface area contributed by atoms with Crippen LogP contribution in [0.1, 0.15) is 31.9 Å². The lowest BCUT2D eigenvalue weighted by Gasteiger charge is -2.17. The number of nitrogens with zero attached hydrogens (tertiary/aromatic N) is 1. The van der Waals surface area contributed by atoms with Crippen LogP contribution in [0.2, 0.25) is 0 Å². The molecule has 0 bridgehead atoms. The Hall–Kier alpha value is -2.28. The minimum absolute atomic E-state index is 0.177. The Morgan fingerprint density at radius 3 is 2.87 bits per heavy atom. The molecule has 23 heavy (non-hydrogen) atoms. The second-order valence-electron chi connectivity index (χ2n) is 4.92. The Morgan fingerprint density at radius 2 is 2.22 bits per heavy atom. The number of aromatic nitrogens is 1. The largest absolute Gasteiger partial charge is 0.493 e. The first-order valence-electron chi connectivity index (χ1n) is 7.41. The minimum Gasteiger partial charge on any atom is -0.493 e. The van der Waals surface area contributed by atoms with Crippen LogP contribution in [-0.2, 0) is 0 Å². The van der Waals surface area contributed by atoms with Crippen molar-refractivity contribution in [2.45, 2.75) is 26.3 Å². The molecule has 124 valence electrons. The van der Waals surface area contributed by atoms with Gasteiger partial charge in [-0.05, 0) is 31.0 Å². The smallest absolute Gasteiger partial charge is 0.321 e. The van der Waals surface area contributed by atoms with Gasteiger partial charge in [0.15, 0.2) is 16.6 Å². The predicted octanol–water partition coefficient (Wildman–Crippen LogP) is 3.82. The predicted molar refractivity (Wildman–Crippen MR) is 91.5 cm³/mol. The summed E-state index contributed by atoms with van der Waals surface area (Å²) >= 11 is 1.37. The maximum Gasteiger partial charge on any atom is 0.321 e. The average Bonchev–Trinajstić information content (AvgIpc) is 3.05. The van der Waals surface area contributed by atoms with Crippen LogP contribution in [0.25, 0.3) is 0 Å². The molecular formula is C16H21N3O3S. The lowest BCUT2D eigenvalue weighted by Crippen LogP contribution is -2.31. The Morgan fingerprint density at radius 1 is 1.39 bits per heavy atom. The molecule has 0 aliphatic heterocycles. The van der Waals surface area contributed by atoms with Gasteiger partial charge in [-0.15, -0.1) is 11.3 Å². The van der Waals surface area contributed by atoms with E-state index in [1.165, 1.54) is 11.3 Å². The summed E-state index contributed by atoms with van der Waals surface area (Å²) in [6.07, 6.45) is 2.57. The average molecular weight is 335 g/mol. The number of hydrogen-bond donors (Lipinski definition) is 2. The van der Waals surface area contributed by atoms with Crippen LogP contribution in [0, 0.1) is 0 Å². The van der Waals surface area contributed by atoms with E-state index in [1.807, 2.05) is 32.0 Å². The number of benzene rings is 1. The van der Waals surface area contributed by atoms with Gasteiger partial charge in [-0.2, -0.15) is 0 Å². The van der Waals surface area contributed by atoms with Crippen LogP contribution in [-0.4, -0.2) is 24.7 Å². The maximum atomic E-state index is 11.9. The third-order valence-corrected chi connectivity index (χ3v) is 3.84. The summed E-state index contributed by atoms with van der Waals surface area (Å²) in [6.45, 7) is 4.59. The summed E-state index contributed by atoms with van der Waals surface area (Å²) in [7, 11) is 1.60. The van der Waals surface area contributed by atoms with Gasteiger partial charge < -0.3 is 14.8 Å². The monoisotopic (exact) mass is 335 g/mol. The first-order valence-corrected chi connectivity index (χ1v) is 8.29. The highest BCUT2D eigenvalue weighted by Crippen LogP contribution is 2.30. The Balaban J connectivity index is 2.00. The molecule has 1 aromatic heterocycles. The van der Waals surface area contributed by atoms with Crippen molar-refractivity contribution in [2.24, 2.45) is 0 Å². The Kier molecular flexibility index (Phi) is 6.22. The van der Waals surface area contributed by atoms with Crippen LogP contribution in [0.5, 0.6) is 11.5 Å². The van der Waals surface area contributed by atoms with Crippen LogP contribution < -0.4 is 20.1 Å². The van der Waals surface area contributed by atoms with Gasteiger partial charge in [0.2, 0.25) is 0 Å². The molecule has 1 atom stereocenters. The third-order valence-electron chi connectivity index (χ3n) is 3.15. The second kappa shape index (κ2) is 8.38. The quantitative estimate of drug-likeness (QED) is 0.807. The first kappa shape index (κ1) is 17.1. The number of methoxy groups -OCH3 is 1. The first-order chi connectivity index (χ1) is 11.1. The van der Waals surface area contributed by atoms with Crippen molar-refractivity contribution < 1.29 is 14.3 Å². The number of anilines is 1. The zero-order valence-electron chi connectivity index (χ0n) is 13.5. The fourth-order valence-corrected chi connectivity index (χ4v) is 2.51. The number of carbonyl (C=O) groups is 1. The van der Waals surface area contributed by atoms with Crippen molar-refractivity contribution in [1.82, 2.24) is 10.3 Å². The number of hydrogen-bond acceptors (Lipinski definition) is 5. The van der Waals surface area contributed by atoms with Gasteiger partial charge in [0.1, 0.15) is 0 Å². The minimum atomic E-state index is -0.294. The zero-order chi connectivity index (χ0) is 16.7. The van der Waals surface area contributed by atoms with Crippen molar-refractivity contribution in [3.05, 3.63) is 35.3 Å². The van der Waals surface area contributed by atoms with Gasteiger partial charge in [0.25, 0.3) is 0 Å². The summed E-state index contributed by atoms with van der Waals surface area (Å²) in [5.74, 6) is 1.36. The number of rotatable bonds is 7. The highest BCUT2D eigenvalue weighted by atomic mass is 32.1. The van der Waals surface area contributed by atoms with Gasteiger partial charge in [0.05, 0.1) is 19.8 Å². The van der Waals surface area contributed by atoms with Crippen LogP contribution in [0.3, 0.4) is 0 Å². The van der Waals surface area contributed by atoms with E-state index in [1.54, 1.807) is 18.7 Å². The molecule has 0 saturated carbocycles. The number of nitrogens with one attached hydrogen (secondary N) is 2. The summed E-state index contributed by atoms with van der Waals surface area (Å²) < 4.78 is 11.0. The van der Waals surface area contributed by atoms with Crippen LogP contribution >= 0.6 is 11.3 Å². The van der Waals surface area contributed by atoms with Crippen molar-refractivity contribution in [2.75, 3.05) is 19.0 Å². The van der Waals surface area contributed by atoms with Crippen molar-refractivity contribution >= 4 is 22.5 Å². The molecule has 0 aliphatic rings. The maximum absolute atomic E-state index is 11.9. The number of urea groups is 1. The van der Waals surface area contributed by atoms with E-state index < -0.39 is 0 Å². The fourth-order valence-electron chi connectivity index (χ4n) is 1.98. The van der Waals surface area contributed by atoms with Crippen molar-refractivity contribution in [3.63, 3.8) is 0 Å². The molecular weight excluding hydrogens is 314 g/mol. The molecule has 6 nitrogen and oxygen atoms in total. The van der Waals surface area contributed by atoms with E-state index >= 15 is 0 Å². The molecule has 0 aliphatic carbocycles. The standard InChI is InChI=1S/C16H21N3O3S/c1-4-8-22-13-6-5-12(10-14(13)21-3)11(2)18-15(20)19-16-17-7-9-23-16/h5-7,9-11H,4,8H2,1-3H3,(H2,17,18,19,20)/t11-/m1/s1. The van der Waals surface area contributed by atoms with Crippen LogP contribution in [0.15, 0.2) is 29.8 Å². The number of ether oxygens (including phenoxy) is 2. The number of carbonyl (C=O) groups excluding carboxylic acids is 1. The van der Waals surface area contributed by atoms with Gasteiger partial charge in [-0.1, -0.05) is 13.0 Å². The molecule has 0 fully saturated rings. The topological polar surface area (TPSA) is 72.5 Å². The van der Waals surface area contributed by atoms with Gasteiger partial charge in [0, 0.05) is 11.6 Å². The van der Waals surface area contributed by atoms with Gasteiger partial charge >= 0.3 is 6.03 Å². The highest BCUT2D eigenvalue weighted by molar-refractivity contribution is 7.13. The summed E-state index contributed by atoms with van der Waals surface area (Å²) in [5, 5.41) is 7.93. The van der Waals surface area contributed by atoms with E-state index in [4.69, 9.17) is 9.47 Å². The lowest BCUT2D eigenvalue weighted by atomic mass is 10.1. The molecule has 2 aromatic rings.